The van der Waals surface area contributed by atoms with Crippen molar-refractivity contribution in [3.63, 3.8) is 0 Å². The van der Waals surface area contributed by atoms with Crippen LogP contribution in [0.25, 0.3) is 0 Å². The molecule has 0 fully saturated rings. The van der Waals surface area contributed by atoms with E-state index in [1.54, 1.807) is 24.3 Å². The maximum Gasteiger partial charge on any atom is 0.260 e. The summed E-state index contributed by atoms with van der Waals surface area (Å²) in [5, 5.41) is 6.60. The average molecular weight is 513 g/mol. The van der Waals surface area contributed by atoms with Gasteiger partial charge in [0.15, 0.2) is 6.61 Å². The molecule has 0 radical (unpaired) electrons. The number of nitrogens with one attached hydrogen (secondary N) is 2. The summed E-state index contributed by atoms with van der Waals surface area (Å²) >= 11 is 0. The molecular weight excluding hydrogens is 487 g/mol. The Kier molecular flexibility index (Phi) is 9.12. The first kappa shape index (κ1) is 26.4. The molecule has 188 valence electrons. The number of hydrazone groups is 1. The summed E-state index contributed by atoms with van der Waals surface area (Å²) in [5.74, 6) is -0.975. The Bertz CT molecular complexity index is 1300. The fourth-order valence-corrected chi connectivity index (χ4v) is 3.85. The molecular formula is C25H25FN4O5S. The molecule has 0 aliphatic rings. The van der Waals surface area contributed by atoms with Gasteiger partial charge >= 0.3 is 0 Å². The Labute approximate surface area is 208 Å². The van der Waals surface area contributed by atoms with Crippen LogP contribution in [-0.2, 0) is 26.2 Å². The van der Waals surface area contributed by atoms with E-state index in [2.05, 4.69) is 15.8 Å². The standard InChI is InChI=1S/C25H25FN4O5S/c1-36(33,34)30(22-11-9-21(26)10-12-22)17-24(31)29-28-16-20-7-13-23(14-8-20)35-18-25(32)27-15-19-5-3-2-4-6-19/h2-14,16H,15,17-18H2,1H3,(H,27,32)(H,29,31)/b28-16-. The van der Waals surface area contributed by atoms with Crippen molar-refractivity contribution in [3.8, 4) is 5.75 Å². The topological polar surface area (TPSA) is 117 Å². The van der Waals surface area contributed by atoms with Crippen LogP contribution >= 0.6 is 0 Å². The van der Waals surface area contributed by atoms with Gasteiger partial charge in [0, 0.05) is 6.54 Å². The number of amides is 2. The van der Waals surface area contributed by atoms with Crippen molar-refractivity contribution >= 4 is 33.7 Å². The van der Waals surface area contributed by atoms with E-state index in [9.17, 15) is 22.4 Å². The maximum atomic E-state index is 13.1. The maximum absolute atomic E-state index is 13.1. The highest BCUT2D eigenvalue weighted by Crippen LogP contribution is 2.17. The third kappa shape index (κ3) is 8.51. The lowest BCUT2D eigenvalue weighted by atomic mass is 10.2. The quantitative estimate of drug-likeness (QED) is 0.302. The summed E-state index contributed by atoms with van der Waals surface area (Å²) in [6, 6.07) is 20.9. The smallest absolute Gasteiger partial charge is 0.260 e. The largest absolute Gasteiger partial charge is 0.484 e. The Hall–Kier alpha value is -4.25. The lowest BCUT2D eigenvalue weighted by Gasteiger charge is -2.21. The zero-order valence-corrected chi connectivity index (χ0v) is 20.2. The van der Waals surface area contributed by atoms with E-state index in [0.717, 1.165) is 28.3 Å². The molecule has 9 nitrogen and oxygen atoms in total. The summed E-state index contributed by atoms with van der Waals surface area (Å²) in [6.45, 7) is -0.252. The number of halogens is 1. The number of carbonyl (C=O) groups excluding carboxylic acids is 2. The molecule has 0 bridgehead atoms. The molecule has 0 aromatic heterocycles. The number of carbonyl (C=O) groups is 2. The molecule has 2 N–H and O–H groups in total. The van der Waals surface area contributed by atoms with Crippen LogP contribution in [0.1, 0.15) is 11.1 Å². The van der Waals surface area contributed by atoms with E-state index >= 15 is 0 Å². The van der Waals surface area contributed by atoms with Crippen molar-refractivity contribution < 1.29 is 27.1 Å². The predicted octanol–water partition coefficient (Wildman–Crippen LogP) is 2.44. The summed E-state index contributed by atoms with van der Waals surface area (Å²) in [4.78, 5) is 24.2. The molecule has 3 rings (SSSR count). The molecule has 3 aromatic rings. The van der Waals surface area contributed by atoms with Crippen molar-refractivity contribution in [2.75, 3.05) is 23.7 Å². The first-order valence-electron chi connectivity index (χ1n) is 10.8. The number of ether oxygens (including phenoxy) is 1. The van der Waals surface area contributed by atoms with Crippen molar-refractivity contribution in [3.05, 3.63) is 95.8 Å². The van der Waals surface area contributed by atoms with Gasteiger partial charge in [0.05, 0.1) is 18.2 Å². The second kappa shape index (κ2) is 12.5. The molecule has 11 heteroatoms. The normalized spacial score (nSPS) is 11.2. The number of anilines is 1. The Balaban J connectivity index is 1.46. The highest BCUT2D eigenvalue weighted by Gasteiger charge is 2.20. The molecule has 0 unspecified atom stereocenters. The van der Waals surface area contributed by atoms with Gasteiger partial charge in [0.25, 0.3) is 11.8 Å². The van der Waals surface area contributed by atoms with Gasteiger partial charge in [0.2, 0.25) is 10.0 Å². The van der Waals surface area contributed by atoms with Crippen molar-refractivity contribution in [2.24, 2.45) is 5.10 Å². The number of hydrogen-bond donors (Lipinski definition) is 2. The average Bonchev–Trinajstić information content (AvgIpc) is 2.86. The fourth-order valence-electron chi connectivity index (χ4n) is 3.00. The van der Waals surface area contributed by atoms with Crippen LogP contribution in [0.4, 0.5) is 10.1 Å². The molecule has 0 aliphatic heterocycles. The Morgan fingerprint density at radius 3 is 2.28 bits per heavy atom. The van der Waals surface area contributed by atoms with E-state index < -0.39 is 28.3 Å². The summed E-state index contributed by atoms with van der Waals surface area (Å²) in [5.41, 5.74) is 4.04. The van der Waals surface area contributed by atoms with Crippen LogP contribution in [-0.4, -0.2) is 45.9 Å². The first-order chi connectivity index (χ1) is 17.2. The summed E-state index contributed by atoms with van der Waals surface area (Å²) in [6.07, 6.45) is 2.32. The lowest BCUT2D eigenvalue weighted by molar-refractivity contribution is -0.123. The van der Waals surface area contributed by atoms with E-state index in [4.69, 9.17) is 4.74 Å². The summed E-state index contributed by atoms with van der Waals surface area (Å²) < 4.78 is 43.6. The minimum absolute atomic E-state index is 0.138. The van der Waals surface area contributed by atoms with Crippen LogP contribution in [0.5, 0.6) is 5.75 Å². The van der Waals surface area contributed by atoms with E-state index in [0.29, 0.717) is 17.9 Å². The lowest BCUT2D eigenvalue weighted by Crippen LogP contribution is -2.39. The second-order valence-corrected chi connectivity index (χ2v) is 9.57. The Morgan fingerprint density at radius 1 is 0.972 bits per heavy atom. The molecule has 3 aromatic carbocycles. The molecule has 0 heterocycles. The van der Waals surface area contributed by atoms with Crippen molar-refractivity contribution in [2.45, 2.75) is 6.54 Å². The summed E-state index contributed by atoms with van der Waals surface area (Å²) in [7, 11) is -3.78. The van der Waals surface area contributed by atoms with Gasteiger partial charge in [-0.25, -0.2) is 18.2 Å². The van der Waals surface area contributed by atoms with Crippen LogP contribution in [0.15, 0.2) is 84.0 Å². The van der Waals surface area contributed by atoms with E-state index in [1.165, 1.54) is 18.3 Å². The van der Waals surface area contributed by atoms with Gasteiger partial charge in [-0.3, -0.25) is 13.9 Å². The van der Waals surface area contributed by atoms with E-state index in [-0.39, 0.29) is 18.2 Å². The molecule has 36 heavy (non-hydrogen) atoms. The predicted molar refractivity (Wildman–Crippen MR) is 135 cm³/mol. The van der Waals surface area contributed by atoms with Gasteiger partial charge < -0.3 is 10.1 Å². The minimum Gasteiger partial charge on any atom is -0.484 e. The highest BCUT2D eigenvalue weighted by atomic mass is 32.2. The SMILES string of the molecule is CS(=O)(=O)N(CC(=O)N/N=C\c1ccc(OCC(=O)NCc2ccccc2)cc1)c1ccc(F)cc1. The molecule has 0 spiro atoms. The van der Waals surface area contributed by atoms with Gasteiger partial charge in [0.1, 0.15) is 18.1 Å². The third-order valence-electron chi connectivity index (χ3n) is 4.79. The number of nitrogens with zero attached hydrogens (tertiary/aromatic N) is 2. The van der Waals surface area contributed by atoms with E-state index in [1.807, 2.05) is 30.3 Å². The number of sulfonamides is 1. The monoisotopic (exact) mass is 512 g/mol. The van der Waals surface area contributed by atoms with Crippen LogP contribution < -0.4 is 19.8 Å². The first-order valence-corrected chi connectivity index (χ1v) is 12.6. The van der Waals surface area contributed by atoms with Crippen LogP contribution in [0.3, 0.4) is 0 Å². The molecule has 0 aliphatic carbocycles. The zero-order chi connectivity index (χ0) is 26.0. The van der Waals surface area contributed by atoms with Gasteiger partial charge in [-0.2, -0.15) is 5.10 Å². The second-order valence-electron chi connectivity index (χ2n) is 7.66. The molecule has 0 saturated carbocycles. The van der Waals surface area contributed by atoms with Crippen molar-refractivity contribution in [1.82, 2.24) is 10.7 Å². The zero-order valence-electron chi connectivity index (χ0n) is 19.4. The third-order valence-corrected chi connectivity index (χ3v) is 5.93. The van der Waals surface area contributed by atoms with Gasteiger partial charge in [-0.1, -0.05) is 30.3 Å². The number of benzene rings is 3. The van der Waals surface area contributed by atoms with Gasteiger partial charge in [-0.05, 0) is 59.7 Å². The number of rotatable bonds is 11. The Morgan fingerprint density at radius 2 is 1.64 bits per heavy atom. The highest BCUT2D eigenvalue weighted by molar-refractivity contribution is 7.92. The molecule has 0 atom stereocenters. The number of hydrogen-bond acceptors (Lipinski definition) is 6. The van der Waals surface area contributed by atoms with Crippen LogP contribution in [0, 0.1) is 5.82 Å². The van der Waals surface area contributed by atoms with Crippen molar-refractivity contribution in [1.29, 1.82) is 0 Å². The van der Waals surface area contributed by atoms with Crippen LogP contribution in [0.2, 0.25) is 0 Å². The fraction of sp³-hybridized carbons (Fsp3) is 0.160. The minimum atomic E-state index is -3.78. The molecule has 0 saturated heterocycles. The van der Waals surface area contributed by atoms with Gasteiger partial charge in [-0.15, -0.1) is 0 Å². The molecule has 2 amide bonds.